The zero-order chi connectivity index (χ0) is 17.0. The molecule has 124 valence electrons. The average molecular weight is 322 g/mol. The average Bonchev–Trinajstić information content (AvgIpc) is 2.51. The predicted octanol–water partition coefficient (Wildman–Crippen LogP) is 1.39. The first-order chi connectivity index (χ1) is 10.9. The summed E-state index contributed by atoms with van der Waals surface area (Å²) in [5.41, 5.74) is -0.169. The molecule has 0 radical (unpaired) electrons. The number of nitrogens with zero attached hydrogens (tertiary/aromatic N) is 2. The van der Waals surface area contributed by atoms with Gasteiger partial charge in [-0.05, 0) is 19.9 Å². The minimum Gasteiger partial charge on any atom is -0.452 e. The number of ether oxygens (including phenoxy) is 2. The minimum absolute atomic E-state index is 0.0377. The predicted molar refractivity (Wildman–Crippen MR) is 80.0 cm³/mol. The molecule has 0 spiro atoms. The first kappa shape index (κ1) is 16.9. The number of nitro groups is 1. The van der Waals surface area contributed by atoms with Gasteiger partial charge in [0, 0.05) is 25.2 Å². The maximum absolute atomic E-state index is 12.1. The Labute approximate surface area is 133 Å². The highest BCUT2D eigenvalue weighted by Gasteiger charge is 2.26. The molecule has 1 fully saturated rings. The maximum Gasteiger partial charge on any atom is 0.338 e. The van der Waals surface area contributed by atoms with E-state index in [0.29, 0.717) is 13.1 Å². The molecular weight excluding hydrogens is 304 g/mol. The summed E-state index contributed by atoms with van der Waals surface area (Å²) < 4.78 is 10.5. The van der Waals surface area contributed by atoms with E-state index in [9.17, 15) is 19.7 Å². The molecule has 0 unspecified atom stereocenters. The molecule has 1 saturated heterocycles. The third-order valence-corrected chi connectivity index (χ3v) is 3.39. The van der Waals surface area contributed by atoms with Crippen LogP contribution in [0.1, 0.15) is 24.2 Å². The lowest BCUT2D eigenvalue weighted by Gasteiger charge is -2.35. The van der Waals surface area contributed by atoms with E-state index in [1.54, 1.807) is 4.90 Å². The molecule has 1 aliphatic rings. The molecule has 1 aromatic carbocycles. The van der Waals surface area contributed by atoms with Crippen molar-refractivity contribution in [2.45, 2.75) is 26.1 Å². The lowest BCUT2D eigenvalue weighted by Crippen LogP contribution is -2.49. The smallest absolute Gasteiger partial charge is 0.338 e. The highest BCUT2D eigenvalue weighted by Crippen LogP contribution is 2.14. The molecule has 1 aliphatic heterocycles. The summed E-state index contributed by atoms with van der Waals surface area (Å²) in [7, 11) is 0. The molecule has 0 bridgehead atoms. The fourth-order valence-corrected chi connectivity index (χ4v) is 2.43. The summed E-state index contributed by atoms with van der Waals surface area (Å²) in [6, 6.07) is 5.19. The van der Waals surface area contributed by atoms with Gasteiger partial charge >= 0.3 is 5.97 Å². The number of carbonyl (C=O) groups is 2. The van der Waals surface area contributed by atoms with Gasteiger partial charge in [0.1, 0.15) is 0 Å². The summed E-state index contributed by atoms with van der Waals surface area (Å²) in [4.78, 5) is 35.7. The first-order valence-electron chi connectivity index (χ1n) is 7.21. The van der Waals surface area contributed by atoms with E-state index in [2.05, 4.69) is 0 Å². The molecule has 1 heterocycles. The van der Waals surface area contributed by atoms with Crippen molar-refractivity contribution in [1.82, 2.24) is 4.90 Å². The van der Waals surface area contributed by atoms with E-state index in [1.165, 1.54) is 18.2 Å². The molecule has 2 atom stereocenters. The largest absolute Gasteiger partial charge is 0.452 e. The van der Waals surface area contributed by atoms with E-state index in [4.69, 9.17) is 9.47 Å². The second kappa shape index (κ2) is 7.19. The highest BCUT2D eigenvalue weighted by molar-refractivity contribution is 5.91. The lowest BCUT2D eigenvalue weighted by molar-refractivity contribution is -0.384. The number of esters is 1. The van der Waals surface area contributed by atoms with Crippen molar-refractivity contribution in [3.05, 3.63) is 39.9 Å². The fraction of sp³-hybridized carbons (Fsp3) is 0.467. The van der Waals surface area contributed by atoms with Crippen LogP contribution in [0.15, 0.2) is 24.3 Å². The lowest BCUT2D eigenvalue weighted by atomic mass is 10.2. The molecule has 2 rings (SSSR count). The molecule has 0 aromatic heterocycles. The van der Waals surface area contributed by atoms with Gasteiger partial charge in [-0.15, -0.1) is 0 Å². The van der Waals surface area contributed by atoms with Crippen LogP contribution < -0.4 is 0 Å². The van der Waals surface area contributed by atoms with Gasteiger partial charge in [-0.3, -0.25) is 14.9 Å². The van der Waals surface area contributed by atoms with Crippen LogP contribution >= 0.6 is 0 Å². The van der Waals surface area contributed by atoms with Crippen LogP contribution in [-0.4, -0.2) is 53.6 Å². The summed E-state index contributed by atoms with van der Waals surface area (Å²) in [6.07, 6.45) is -0.148. The van der Waals surface area contributed by atoms with Crippen molar-refractivity contribution in [3.8, 4) is 0 Å². The van der Waals surface area contributed by atoms with E-state index in [1.807, 2.05) is 13.8 Å². The number of carbonyl (C=O) groups excluding carboxylic acids is 2. The quantitative estimate of drug-likeness (QED) is 0.472. The van der Waals surface area contributed by atoms with Gasteiger partial charge in [0.25, 0.3) is 11.6 Å². The van der Waals surface area contributed by atoms with E-state index >= 15 is 0 Å². The maximum atomic E-state index is 12.1. The van der Waals surface area contributed by atoms with Crippen LogP contribution in [0.4, 0.5) is 5.69 Å². The second-order valence-electron chi connectivity index (χ2n) is 5.44. The fourth-order valence-electron chi connectivity index (χ4n) is 2.43. The Kier molecular flexibility index (Phi) is 5.28. The second-order valence-corrected chi connectivity index (χ2v) is 5.44. The van der Waals surface area contributed by atoms with Gasteiger partial charge < -0.3 is 14.4 Å². The van der Waals surface area contributed by atoms with Crippen molar-refractivity contribution in [2.75, 3.05) is 19.7 Å². The Morgan fingerprint density at radius 1 is 1.35 bits per heavy atom. The van der Waals surface area contributed by atoms with Gasteiger partial charge in [0.05, 0.1) is 22.7 Å². The highest BCUT2D eigenvalue weighted by atomic mass is 16.6. The molecule has 0 saturated carbocycles. The van der Waals surface area contributed by atoms with Crippen LogP contribution in [0.2, 0.25) is 0 Å². The number of hydrogen-bond acceptors (Lipinski definition) is 6. The molecule has 0 N–H and O–H groups in total. The number of rotatable bonds is 4. The molecule has 23 heavy (non-hydrogen) atoms. The SMILES string of the molecule is C[C@@H]1CN(C(=O)COC(=O)c2cccc([N+](=O)[O-])c2)C[C@@H](C)O1. The number of morpholine rings is 1. The van der Waals surface area contributed by atoms with Crippen LogP contribution in [-0.2, 0) is 14.3 Å². The number of nitro benzene ring substituents is 1. The number of amides is 1. The molecule has 8 nitrogen and oxygen atoms in total. The monoisotopic (exact) mass is 322 g/mol. The van der Waals surface area contributed by atoms with E-state index in [0.717, 1.165) is 6.07 Å². The standard InChI is InChI=1S/C15H18N2O6/c1-10-7-16(8-11(2)23-10)14(18)9-22-15(19)12-4-3-5-13(6-12)17(20)21/h3-6,10-11H,7-9H2,1-2H3/t10-,11-/m1/s1. The number of benzene rings is 1. The Balaban J connectivity index is 1.92. The van der Waals surface area contributed by atoms with Crippen LogP contribution in [0.25, 0.3) is 0 Å². The summed E-state index contributed by atoms with van der Waals surface area (Å²) in [5, 5.41) is 10.7. The topological polar surface area (TPSA) is 99.0 Å². The van der Waals surface area contributed by atoms with Crippen LogP contribution in [0, 0.1) is 10.1 Å². The van der Waals surface area contributed by atoms with Crippen LogP contribution in [0.3, 0.4) is 0 Å². The van der Waals surface area contributed by atoms with E-state index < -0.39 is 17.5 Å². The van der Waals surface area contributed by atoms with Gasteiger partial charge in [0.2, 0.25) is 0 Å². The van der Waals surface area contributed by atoms with Gasteiger partial charge in [0.15, 0.2) is 6.61 Å². The normalized spacial score (nSPS) is 20.9. The van der Waals surface area contributed by atoms with E-state index in [-0.39, 0.29) is 29.4 Å². The summed E-state index contributed by atoms with van der Waals surface area (Å²) >= 11 is 0. The third-order valence-electron chi connectivity index (χ3n) is 3.39. The Hall–Kier alpha value is -2.48. The summed E-state index contributed by atoms with van der Waals surface area (Å²) in [5.74, 6) is -1.08. The van der Waals surface area contributed by atoms with Gasteiger partial charge in [-0.25, -0.2) is 4.79 Å². The van der Waals surface area contributed by atoms with Gasteiger partial charge in [-0.2, -0.15) is 0 Å². The van der Waals surface area contributed by atoms with Crippen molar-refractivity contribution in [3.63, 3.8) is 0 Å². The van der Waals surface area contributed by atoms with Crippen molar-refractivity contribution >= 4 is 17.6 Å². The number of hydrogen-bond donors (Lipinski definition) is 0. The first-order valence-corrected chi connectivity index (χ1v) is 7.21. The minimum atomic E-state index is -0.767. The van der Waals surface area contributed by atoms with Crippen molar-refractivity contribution < 1.29 is 24.0 Å². The third kappa shape index (κ3) is 4.49. The zero-order valence-corrected chi connectivity index (χ0v) is 12.9. The Morgan fingerprint density at radius 2 is 2.00 bits per heavy atom. The summed E-state index contributed by atoms with van der Waals surface area (Å²) in [6.45, 7) is 4.21. The molecule has 8 heteroatoms. The molecule has 0 aliphatic carbocycles. The van der Waals surface area contributed by atoms with Crippen molar-refractivity contribution in [2.24, 2.45) is 0 Å². The van der Waals surface area contributed by atoms with Gasteiger partial charge in [-0.1, -0.05) is 6.07 Å². The molecule has 1 aromatic rings. The Morgan fingerprint density at radius 3 is 2.61 bits per heavy atom. The van der Waals surface area contributed by atoms with Crippen molar-refractivity contribution in [1.29, 1.82) is 0 Å². The Bertz CT molecular complexity index is 608. The number of non-ortho nitro benzene ring substituents is 1. The zero-order valence-electron chi connectivity index (χ0n) is 12.9. The molecular formula is C15H18N2O6. The molecule has 1 amide bonds. The van der Waals surface area contributed by atoms with Crippen LogP contribution in [0.5, 0.6) is 0 Å².